The molecule has 0 saturated heterocycles. The Bertz CT molecular complexity index is 27.0. The van der Waals surface area contributed by atoms with Crippen LogP contribution in [-0.2, 0) is 4.79 Å². The van der Waals surface area contributed by atoms with Crippen LogP contribution < -0.4 is 6.15 Å². The first-order valence-corrected chi connectivity index (χ1v) is 0.454. The van der Waals surface area contributed by atoms with Crippen molar-refractivity contribution in [2.45, 2.75) is 0 Å². The van der Waals surface area contributed by atoms with Crippen LogP contribution in [0, 0.1) is 6.58 Å². The van der Waals surface area contributed by atoms with Crippen LogP contribution in [0.3, 0.4) is 0 Å². The lowest BCUT2D eigenvalue weighted by atomic mass is 11.2. The van der Waals surface area contributed by atoms with Gasteiger partial charge in [-0.25, -0.2) is 4.79 Å². The number of hydrogen-bond acceptors (Lipinski definition) is 1. The summed E-state index contributed by atoms with van der Waals surface area (Å²) >= 11 is 0. The minimum atomic E-state index is 0. The summed E-state index contributed by atoms with van der Waals surface area (Å²) in [6, 6.07) is 0. The molecule has 0 amide bonds. The second-order valence-corrected chi connectivity index (χ2v) is 0.102. The van der Waals surface area contributed by atoms with E-state index in [9.17, 15) is 0 Å². The molecule has 19 valence electrons. The number of hydrogen-bond donors (Lipinski definition) is 0. The molecule has 0 unspecified atom stereocenters. The highest BCUT2D eigenvalue weighted by atomic mass is 16.1. The zero-order chi connectivity index (χ0) is 2.71. The van der Waals surface area contributed by atoms with Crippen molar-refractivity contribution in [2.75, 3.05) is 0 Å². The maximum atomic E-state index is 8.35. The fourth-order valence-corrected chi connectivity index (χ4v) is 0. The van der Waals surface area contributed by atoms with Gasteiger partial charge in [0, 0.05) is 6.15 Å². The van der Waals surface area contributed by atoms with Crippen molar-refractivity contribution in [3.63, 3.8) is 0 Å². The van der Waals surface area contributed by atoms with E-state index in [4.69, 9.17) is 11.4 Å². The molecule has 0 saturated carbocycles. The van der Waals surface area contributed by atoms with Gasteiger partial charge in [-0.1, -0.05) is 0 Å². The number of nitrogens with zero attached hydrogens (tertiary/aromatic N) is 1. The first-order chi connectivity index (χ1) is 1.41. The third-order valence-electron chi connectivity index (χ3n) is 0. The lowest BCUT2D eigenvalue weighted by Gasteiger charge is -0.987. The molecule has 0 atom stereocenters. The third kappa shape index (κ3) is 0.681. The van der Waals surface area contributed by atoms with E-state index < -0.39 is 0 Å². The Morgan fingerprint density at radius 2 is 1.75 bits per heavy atom. The predicted octanol–water partition coefficient (Wildman–Crippen LogP) is -0.796. The molecule has 0 aliphatic rings. The van der Waals surface area contributed by atoms with Crippen molar-refractivity contribution in [3.05, 3.63) is 6.58 Å². The van der Waals surface area contributed by atoms with Gasteiger partial charge in [-0.15, -0.1) is 0 Å². The van der Waals surface area contributed by atoms with E-state index in [1.54, 1.807) is 0 Å². The van der Waals surface area contributed by atoms with Crippen molar-refractivity contribution < 1.29 is 4.79 Å². The van der Waals surface area contributed by atoms with E-state index in [-0.39, 0.29) is 6.15 Å². The Balaban J connectivity index is 0. The molecule has 0 aromatic rings. The monoisotopic (exact) mass is 54.0 g/mol. The van der Waals surface area contributed by atoms with Crippen molar-refractivity contribution in [2.24, 2.45) is 0 Å². The molecule has 2 heteroatoms. The van der Waals surface area contributed by atoms with Crippen molar-refractivity contribution in [1.29, 1.82) is 0 Å². The van der Waals surface area contributed by atoms with Crippen LogP contribution in [-0.4, -0.2) is 5.94 Å². The van der Waals surface area contributed by atoms with E-state index in [1.807, 2.05) is 0 Å². The molecule has 0 spiro atoms. The Labute approximate surface area is 24.7 Å². The standard InChI is InChI=1S/C2O.N/c1-2-3;. The molecule has 5 radical (unpaired) electrons. The van der Waals surface area contributed by atoms with E-state index >= 15 is 0 Å². The van der Waals surface area contributed by atoms with Gasteiger partial charge in [0.15, 0.2) is 0 Å². The molecule has 0 aliphatic heterocycles. The van der Waals surface area contributed by atoms with Gasteiger partial charge in [0.2, 0.25) is 0 Å². The quantitative estimate of drug-likeness (QED) is 0.334. The Hall–Kier alpha value is -0.590. The molecule has 0 N–H and O–H groups in total. The van der Waals surface area contributed by atoms with E-state index in [1.165, 1.54) is 0 Å². The highest BCUT2D eigenvalue weighted by Crippen LogP contribution is 0.867. The zero-order valence-electron chi connectivity index (χ0n) is 1.86. The summed E-state index contributed by atoms with van der Waals surface area (Å²) in [4.78, 5) is 8.35. The summed E-state index contributed by atoms with van der Waals surface area (Å²) in [7, 11) is 0. The summed E-state index contributed by atoms with van der Waals surface area (Å²) in [5, 5.41) is 0. The molecular formula is C2NO. The van der Waals surface area contributed by atoms with Gasteiger partial charge >= 0.3 is 0 Å². The van der Waals surface area contributed by atoms with Crippen molar-refractivity contribution >= 4 is 5.94 Å². The molecule has 4 heavy (non-hydrogen) atoms. The highest BCUT2D eigenvalue weighted by Gasteiger charge is 1.05. The van der Waals surface area contributed by atoms with Crippen LogP contribution in [0.5, 0.6) is 0 Å². The van der Waals surface area contributed by atoms with Gasteiger partial charge in [-0.2, -0.15) is 0 Å². The summed E-state index contributed by atoms with van der Waals surface area (Å²) in [6.45, 7) is 5.40. The maximum Gasteiger partial charge on any atom is 0.135 e. The number of rotatable bonds is 0. The molecule has 2 nitrogen and oxygen atoms in total. The van der Waals surface area contributed by atoms with Crippen LogP contribution >= 0.6 is 0 Å². The second kappa shape index (κ2) is 28.5. The largest absolute Gasteiger partial charge is 0.233 e. The topological polar surface area (TPSA) is 47.6 Å². The highest BCUT2D eigenvalue weighted by molar-refractivity contribution is 5.35. The van der Waals surface area contributed by atoms with Crippen LogP contribution in [0.15, 0.2) is 0 Å². The molecular weight excluding hydrogens is 54.0 g/mol. The van der Waals surface area contributed by atoms with Gasteiger partial charge in [0.1, 0.15) is 5.94 Å². The summed E-state index contributed by atoms with van der Waals surface area (Å²) in [5.41, 5.74) is 0. The normalized spacial score (nSPS) is 2.00. The molecule has 0 heterocycles. The van der Waals surface area contributed by atoms with Gasteiger partial charge < -0.3 is 0 Å². The third-order valence-corrected chi connectivity index (χ3v) is 0. The average Bonchev–Trinajstić information content (AvgIpc) is 0.918. The van der Waals surface area contributed by atoms with Gasteiger partial charge in [0.25, 0.3) is 0 Å². The van der Waals surface area contributed by atoms with Crippen LogP contribution in [0.2, 0.25) is 0 Å². The summed E-state index contributed by atoms with van der Waals surface area (Å²) < 4.78 is 0. The second-order valence-electron chi connectivity index (χ2n) is 0.102. The minimum absolute atomic E-state index is 0. The molecule has 0 aromatic carbocycles. The van der Waals surface area contributed by atoms with E-state index in [2.05, 4.69) is 0 Å². The van der Waals surface area contributed by atoms with Crippen molar-refractivity contribution in [1.82, 2.24) is 6.15 Å². The maximum absolute atomic E-state index is 8.35. The molecule has 0 bridgehead atoms. The zero-order valence-corrected chi connectivity index (χ0v) is 1.86. The van der Waals surface area contributed by atoms with Crippen molar-refractivity contribution in [3.8, 4) is 0 Å². The first kappa shape index (κ1) is 9.96. The Kier molecular flexibility index (Phi) is 71.0. The lowest BCUT2D eigenvalue weighted by Crippen LogP contribution is -1.16. The van der Waals surface area contributed by atoms with Gasteiger partial charge in [-0.3, -0.25) is 0 Å². The van der Waals surface area contributed by atoms with Crippen LogP contribution in [0.25, 0.3) is 0 Å². The summed E-state index contributed by atoms with van der Waals surface area (Å²) in [5.74, 6) is 0.750. The Morgan fingerprint density at radius 1 is 1.75 bits per heavy atom. The van der Waals surface area contributed by atoms with Gasteiger partial charge in [0.05, 0.1) is 6.58 Å². The first-order valence-electron chi connectivity index (χ1n) is 0.454. The fraction of sp³-hybridized carbons (Fsp3) is 0. The minimum Gasteiger partial charge on any atom is -0.233 e. The van der Waals surface area contributed by atoms with Gasteiger partial charge in [-0.05, 0) is 0 Å². The smallest absolute Gasteiger partial charge is 0.135 e. The molecule has 0 rings (SSSR count). The Morgan fingerprint density at radius 3 is 1.75 bits per heavy atom. The lowest BCUT2D eigenvalue weighted by molar-refractivity contribution is 0.569. The van der Waals surface area contributed by atoms with E-state index in [0.717, 1.165) is 5.94 Å². The number of carbonyl (C=O) groups excluding carboxylic acids is 1. The summed E-state index contributed by atoms with van der Waals surface area (Å²) in [6.07, 6.45) is 0. The predicted molar refractivity (Wildman–Crippen MR) is 11.1 cm³/mol. The molecule has 0 fully saturated rings. The molecule has 0 aromatic heterocycles. The average molecular weight is 54.0 g/mol. The SMILES string of the molecule is [C]=C=O.[N]. The van der Waals surface area contributed by atoms with Crippen LogP contribution in [0.4, 0.5) is 0 Å². The molecule has 0 aliphatic carbocycles. The van der Waals surface area contributed by atoms with Crippen LogP contribution in [0.1, 0.15) is 0 Å². The van der Waals surface area contributed by atoms with E-state index in [0.29, 0.717) is 0 Å². The fourth-order valence-electron chi connectivity index (χ4n) is 0.